The smallest absolute Gasteiger partial charge is 0.261 e. The Morgan fingerprint density at radius 3 is 2.27 bits per heavy atom. The highest BCUT2D eigenvalue weighted by Gasteiger charge is 1.98. The molecule has 0 aliphatic heterocycles. The highest BCUT2D eigenvalue weighted by atomic mass is 79.9. The summed E-state index contributed by atoms with van der Waals surface area (Å²) in [6.45, 7) is 0. The summed E-state index contributed by atoms with van der Waals surface area (Å²) in [6.07, 6.45) is 0. The van der Waals surface area contributed by atoms with Crippen molar-refractivity contribution in [3.8, 4) is 0 Å². The maximum atomic E-state index is 10.9. The first-order valence-corrected chi connectivity index (χ1v) is 3.60. The molecule has 1 aromatic carbocycles. The number of carbonyl (C=O) groups is 1. The van der Waals surface area contributed by atoms with Crippen LogP contribution in [0.2, 0.25) is 0 Å². The van der Waals surface area contributed by atoms with Crippen molar-refractivity contribution >= 4 is 34.5 Å². The van der Waals surface area contributed by atoms with Gasteiger partial charge in [0.25, 0.3) is 5.91 Å². The molecular weight excluding hydrogens is 229 g/mol. The minimum Gasteiger partial charge on any atom is -0.289 e. The van der Waals surface area contributed by atoms with Gasteiger partial charge in [-0.25, -0.2) is 0 Å². The average Bonchev–Trinajstić information content (AvgIpc) is 2.05. The molecule has 1 rings (SSSR count). The van der Waals surface area contributed by atoms with Gasteiger partial charge < -0.3 is 0 Å². The van der Waals surface area contributed by atoms with Gasteiger partial charge in [0.1, 0.15) is 0 Å². The van der Waals surface area contributed by atoms with Crippen molar-refractivity contribution in [2.24, 2.45) is 0 Å². The van der Waals surface area contributed by atoms with Crippen LogP contribution in [-0.2, 0) is 0 Å². The Morgan fingerprint density at radius 1 is 1.27 bits per heavy atom. The predicted octanol–water partition coefficient (Wildman–Crippen LogP) is 2.15. The van der Waals surface area contributed by atoms with Crippen LogP contribution >= 0.6 is 28.6 Å². The molecule has 0 aromatic heterocycles. The lowest BCUT2D eigenvalue weighted by molar-refractivity contribution is 0.0986. The van der Waals surface area contributed by atoms with Gasteiger partial charge in [-0.15, -0.1) is 12.4 Å². The number of benzene rings is 1. The molecule has 0 heterocycles. The molecular formula is C7H7BrClNO. The lowest BCUT2D eigenvalue weighted by atomic mass is 10.2. The fourth-order valence-electron chi connectivity index (χ4n) is 0.644. The van der Waals surface area contributed by atoms with Crippen LogP contribution in [0.4, 0.5) is 0 Å². The fraction of sp³-hybridized carbons (Fsp3) is 0. The third-order valence-electron chi connectivity index (χ3n) is 1.12. The Kier molecular flexibility index (Phi) is 4.90. The van der Waals surface area contributed by atoms with E-state index in [0.717, 1.165) is 0 Å². The van der Waals surface area contributed by atoms with Gasteiger partial charge in [-0.2, -0.15) is 0 Å². The third kappa shape index (κ3) is 2.91. The van der Waals surface area contributed by atoms with Crippen molar-refractivity contribution in [3.05, 3.63) is 35.9 Å². The number of hydrogen-bond donors (Lipinski definition) is 1. The SMILES string of the molecule is Cl.O=C(NBr)c1ccccc1. The number of nitrogens with one attached hydrogen (secondary N) is 1. The standard InChI is InChI=1S/C7H6BrNO.ClH/c8-9-7(10)6-4-2-1-3-5-6;/h1-5H,(H,9,10);1H. The average molecular weight is 236 g/mol. The van der Waals surface area contributed by atoms with Crippen molar-refractivity contribution in [2.75, 3.05) is 0 Å². The van der Waals surface area contributed by atoms with E-state index in [2.05, 4.69) is 20.5 Å². The summed E-state index contributed by atoms with van der Waals surface area (Å²) < 4.78 is 2.35. The summed E-state index contributed by atoms with van der Waals surface area (Å²) >= 11 is 2.85. The zero-order chi connectivity index (χ0) is 7.40. The van der Waals surface area contributed by atoms with E-state index in [0.29, 0.717) is 5.56 Å². The summed E-state index contributed by atoms with van der Waals surface area (Å²) in [6, 6.07) is 8.99. The minimum atomic E-state index is -0.124. The van der Waals surface area contributed by atoms with E-state index in [9.17, 15) is 4.79 Å². The van der Waals surface area contributed by atoms with E-state index in [-0.39, 0.29) is 18.3 Å². The lowest BCUT2D eigenvalue weighted by Crippen LogP contribution is -2.10. The molecule has 4 heteroatoms. The van der Waals surface area contributed by atoms with Gasteiger partial charge in [0.05, 0.1) is 0 Å². The lowest BCUT2D eigenvalue weighted by Gasteiger charge is -1.94. The zero-order valence-electron chi connectivity index (χ0n) is 5.58. The molecule has 11 heavy (non-hydrogen) atoms. The molecule has 1 aromatic rings. The Balaban J connectivity index is 0.000001000. The number of amides is 1. The van der Waals surface area contributed by atoms with E-state index in [1.807, 2.05) is 18.2 Å². The van der Waals surface area contributed by atoms with Gasteiger partial charge in [-0.3, -0.25) is 9.14 Å². The summed E-state index contributed by atoms with van der Waals surface area (Å²) in [5.74, 6) is -0.124. The van der Waals surface area contributed by atoms with E-state index in [1.54, 1.807) is 12.1 Å². The van der Waals surface area contributed by atoms with Crippen LogP contribution in [-0.4, -0.2) is 5.91 Å². The summed E-state index contributed by atoms with van der Waals surface area (Å²) in [7, 11) is 0. The van der Waals surface area contributed by atoms with Crippen LogP contribution in [0.3, 0.4) is 0 Å². The normalized spacial score (nSPS) is 8.09. The zero-order valence-corrected chi connectivity index (χ0v) is 7.98. The molecule has 2 nitrogen and oxygen atoms in total. The van der Waals surface area contributed by atoms with E-state index >= 15 is 0 Å². The van der Waals surface area contributed by atoms with Gasteiger partial charge in [0, 0.05) is 21.7 Å². The predicted molar refractivity (Wildman–Crippen MR) is 50.1 cm³/mol. The third-order valence-corrected chi connectivity index (χ3v) is 1.48. The molecule has 0 atom stereocenters. The van der Waals surface area contributed by atoms with Crippen LogP contribution in [0, 0.1) is 0 Å². The Labute approximate surface area is 79.7 Å². The van der Waals surface area contributed by atoms with Gasteiger partial charge in [0.2, 0.25) is 0 Å². The fourth-order valence-corrected chi connectivity index (χ4v) is 0.873. The summed E-state index contributed by atoms with van der Waals surface area (Å²) in [5.41, 5.74) is 0.652. The van der Waals surface area contributed by atoms with Crippen LogP contribution < -0.4 is 4.34 Å². The molecule has 1 amide bonds. The molecule has 0 radical (unpaired) electrons. The maximum absolute atomic E-state index is 10.9. The molecule has 0 saturated heterocycles. The molecule has 0 unspecified atom stereocenters. The first kappa shape index (κ1) is 10.5. The molecule has 0 saturated carbocycles. The van der Waals surface area contributed by atoms with E-state index < -0.39 is 0 Å². The molecule has 1 N–H and O–H groups in total. The van der Waals surface area contributed by atoms with Crippen molar-refractivity contribution in [1.29, 1.82) is 0 Å². The van der Waals surface area contributed by atoms with Gasteiger partial charge >= 0.3 is 0 Å². The molecule has 0 fully saturated rings. The number of hydrogen-bond acceptors (Lipinski definition) is 1. The highest BCUT2D eigenvalue weighted by Crippen LogP contribution is 1.97. The minimum absolute atomic E-state index is 0. The van der Waals surface area contributed by atoms with E-state index in [4.69, 9.17) is 0 Å². The van der Waals surface area contributed by atoms with Gasteiger partial charge in [-0.1, -0.05) is 18.2 Å². The summed E-state index contributed by atoms with van der Waals surface area (Å²) in [5, 5.41) is 0. The second-order valence-corrected chi connectivity index (χ2v) is 2.19. The van der Waals surface area contributed by atoms with Crippen molar-refractivity contribution in [1.82, 2.24) is 4.34 Å². The largest absolute Gasteiger partial charge is 0.289 e. The second kappa shape index (κ2) is 5.16. The van der Waals surface area contributed by atoms with Crippen LogP contribution in [0.15, 0.2) is 30.3 Å². The molecule has 0 aliphatic rings. The Bertz CT molecular complexity index is 227. The Hall–Kier alpha value is -0.540. The first-order valence-electron chi connectivity index (χ1n) is 2.80. The van der Waals surface area contributed by atoms with Crippen molar-refractivity contribution in [3.63, 3.8) is 0 Å². The second-order valence-electron chi connectivity index (χ2n) is 1.79. The van der Waals surface area contributed by atoms with E-state index in [1.165, 1.54) is 0 Å². The number of rotatable bonds is 1. The monoisotopic (exact) mass is 235 g/mol. The van der Waals surface area contributed by atoms with Gasteiger partial charge in [0.15, 0.2) is 0 Å². The maximum Gasteiger partial charge on any atom is 0.261 e. The molecule has 0 spiro atoms. The number of halogens is 2. The van der Waals surface area contributed by atoms with Crippen molar-refractivity contribution < 1.29 is 4.79 Å². The highest BCUT2D eigenvalue weighted by molar-refractivity contribution is 9.08. The van der Waals surface area contributed by atoms with Gasteiger partial charge in [-0.05, 0) is 12.1 Å². The quantitative estimate of drug-likeness (QED) is 0.744. The first-order chi connectivity index (χ1) is 4.84. The van der Waals surface area contributed by atoms with Crippen LogP contribution in [0.25, 0.3) is 0 Å². The number of carbonyl (C=O) groups excluding carboxylic acids is 1. The van der Waals surface area contributed by atoms with Crippen LogP contribution in [0.5, 0.6) is 0 Å². The molecule has 0 bridgehead atoms. The molecule has 60 valence electrons. The molecule has 0 aliphatic carbocycles. The topological polar surface area (TPSA) is 29.1 Å². The van der Waals surface area contributed by atoms with Crippen LogP contribution in [0.1, 0.15) is 10.4 Å². The Morgan fingerprint density at radius 2 is 1.82 bits per heavy atom. The van der Waals surface area contributed by atoms with Crippen molar-refractivity contribution in [2.45, 2.75) is 0 Å². The summed E-state index contributed by atoms with van der Waals surface area (Å²) in [4.78, 5) is 10.9.